The van der Waals surface area contributed by atoms with Gasteiger partial charge in [0.1, 0.15) is 5.69 Å². The van der Waals surface area contributed by atoms with Gasteiger partial charge in [-0.15, -0.1) is 10.2 Å². The van der Waals surface area contributed by atoms with Gasteiger partial charge >= 0.3 is 0 Å². The molecule has 1 fully saturated rings. The zero-order valence-corrected chi connectivity index (χ0v) is 10.1. The number of rotatable bonds is 1. The first-order valence-corrected chi connectivity index (χ1v) is 6.52. The number of hydrogen-bond acceptors (Lipinski definition) is 4. The molecule has 0 aliphatic carbocycles. The Morgan fingerprint density at radius 2 is 2.22 bits per heavy atom. The first-order chi connectivity index (χ1) is 8.92. The molecule has 2 bridgehead atoms. The van der Waals surface area contributed by atoms with Gasteiger partial charge in [0.15, 0.2) is 11.6 Å². The summed E-state index contributed by atoms with van der Waals surface area (Å²) in [6.07, 6.45) is 5.50. The van der Waals surface area contributed by atoms with Gasteiger partial charge in [-0.3, -0.25) is 4.98 Å². The van der Waals surface area contributed by atoms with E-state index in [4.69, 9.17) is 0 Å². The summed E-state index contributed by atoms with van der Waals surface area (Å²) in [6.45, 7) is 0.963. The van der Waals surface area contributed by atoms with Crippen molar-refractivity contribution in [3.8, 4) is 11.5 Å². The zero-order chi connectivity index (χ0) is 11.9. The van der Waals surface area contributed by atoms with Gasteiger partial charge in [-0.25, -0.2) is 0 Å². The van der Waals surface area contributed by atoms with E-state index >= 15 is 0 Å². The van der Waals surface area contributed by atoms with Gasteiger partial charge in [-0.05, 0) is 31.4 Å². The highest BCUT2D eigenvalue weighted by molar-refractivity contribution is 5.49. The molecule has 0 radical (unpaired) electrons. The van der Waals surface area contributed by atoms with Crippen LogP contribution in [-0.2, 0) is 6.54 Å². The minimum Gasteiger partial charge on any atom is -0.307 e. The Balaban J connectivity index is 1.82. The van der Waals surface area contributed by atoms with Crippen LogP contribution in [0.15, 0.2) is 24.4 Å². The molecule has 1 saturated heterocycles. The summed E-state index contributed by atoms with van der Waals surface area (Å²) in [5.41, 5.74) is 0.913. The van der Waals surface area contributed by atoms with Gasteiger partial charge in [0.25, 0.3) is 0 Å². The fourth-order valence-electron chi connectivity index (χ4n) is 3.02. The van der Waals surface area contributed by atoms with Gasteiger partial charge in [0, 0.05) is 18.8 Å². The van der Waals surface area contributed by atoms with E-state index in [0.717, 1.165) is 30.3 Å². The molecule has 18 heavy (non-hydrogen) atoms. The summed E-state index contributed by atoms with van der Waals surface area (Å²) >= 11 is 0. The molecular formula is C13H15N5. The lowest BCUT2D eigenvalue weighted by atomic mass is 9.95. The second kappa shape index (κ2) is 3.88. The van der Waals surface area contributed by atoms with Crippen molar-refractivity contribution in [1.29, 1.82) is 0 Å². The van der Waals surface area contributed by atoms with Crippen LogP contribution in [0.25, 0.3) is 11.5 Å². The van der Waals surface area contributed by atoms with Crippen molar-refractivity contribution in [2.24, 2.45) is 0 Å². The molecule has 2 aliphatic rings. The standard InChI is InChI=1S/C13H15N5/c1-2-7-14-10(5-1)12-16-17-13-11-6-3-4-9(15-11)8-18(12)13/h1-2,5,7,9,11,15H,3-4,6,8H2/t9-,11+/m1/s1. The van der Waals surface area contributed by atoms with Crippen molar-refractivity contribution in [2.75, 3.05) is 0 Å². The summed E-state index contributed by atoms with van der Waals surface area (Å²) in [5.74, 6) is 1.98. The van der Waals surface area contributed by atoms with E-state index < -0.39 is 0 Å². The van der Waals surface area contributed by atoms with E-state index in [-0.39, 0.29) is 0 Å². The minimum absolute atomic E-state index is 0.377. The Labute approximate surface area is 105 Å². The molecule has 0 saturated carbocycles. The maximum atomic E-state index is 4.38. The van der Waals surface area contributed by atoms with Crippen LogP contribution in [0.1, 0.15) is 31.1 Å². The second-order valence-electron chi connectivity index (χ2n) is 5.05. The third-order valence-corrected chi connectivity index (χ3v) is 3.87. The molecule has 5 nitrogen and oxygen atoms in total. The first kappa shape index (κ1) is 10.2. The fourth-order valence-corrected chi connectivity index (χ4v) is 3.02. The summed E-state index contributed by atoms with van der Waals surface area (Å²) in [5, 5.41) is 12.3. The first-order valence-electron chi connectivity index (χ1n) is 6.52. The Bertz CT molecular complexity index is 562. The van der Waals surface area contributed by atoms with E-state index in [0.29, 0.717) is 12.1 Å². The minimum atomic E-state index is 0.377. The van der Waals surface area contributed by atoms with E-state index in [1.807, 2.05) is 18.2 Å². The van der Waals surface area contributed by atoms with Crippen LogP contribution in [-0.4, -0.2) is 25.8 Å². The Kier molecular flexibility index (Phi) is 2.20. The Morgan fingerprint density at radius 3 is 3.11 bits per heavy atom. The molecule has 1 N–H and O–H groups in total. The second-order valence-corrected chi connectivity index (χ2v) is 5.05. The van der Waals surface area contributed by atoms with Gasteiger partial charge in [0.05, 0.1) is 6.04 Å². The zero-order valence-electron chi connectivity index (χ0n) is 10.1. The molecule has 5 heteroatoms. The molecule has 0 aromatic carbocycles. The lowest BCUT2D eigenvalue weighted by molar-refractivity contribution is 0.249. The highest BCUT2D eigenvalue weighted by Gasteiger charge is 2.33. The molecule has 2 aromatic rings. The molecule has 92 valence electrons. The lowest BCUT2D eigenvalue weighted by Crippen LogP contribution is -2.45. The number of piperidine rings is 1. The van der Waals surface area contributed by atoms with Crippen molar-refractivity contribution in [3.05, 3.63) is 30.2 Å². The van der Waals surface area contributed by atoms with Crippen LogP contribution in [0, 0.1) is 0 Å². The van der Waals surface area contributed by atoms with Crippen molar-refractivity contribution >= 4 is 0 Å². The van der Waals surface area contributed by atoms with Gasteiger partial charge in [-0.2, -0.15) is 0 Å². The van der Waals surface area contributed by atoms with Crippen molar-refractivity contribution < 1.29 is 0 Å². The van der Waals surface area contributed by atoms with Crippen LogP contribution in [0.3, 0.4) is 0 Å². The topological polar surface area (TPSA) is 55.6 Å². The number of aromatic nitrogens is 4. The Hall–Kier alpha value is -1.75. The van der Waals surface area contributed by atoms with Crippen molar-refractivity contribution in [2.45, 2.75) is 37.9 Å². The number of fused-ring (bicyclic) bond motifs is 4. The van der Waals surface area contributed by atoms with E-state index in [1.54, 1.807) is 6.20 Å². The normalized spacial score (nSPS) is 25.8. The van der Waals surface area contributed by atoms with Crippen LogP contribution in [0.5, 0.6) is 0 Å². The van der Waals surface area contributed by atoms with Gasteiger partial charge < -0.3 is 9.88 Å². The number of pyridine rings is 1. The highest BCUT2D eigenvalue weighted by atomic mass is 15.3. The average molecular weight is 241 g/mol. The smallest absolute Gasteiger partial charge is 0.182 e. The summed E-state index contributed by atoms with van der Waals surface area (Å²) in [7, 11) is 0. The summed E-state index contributed by atoms with van der Waals surface area (Å²) in [4.78, 5) is 4.38. The monoisotopic (exact) mass is 241 g/mol. The number of nitrogens with one attached hydrogen (secondary N) is 1. The van der Waals surface area contributed by atoms with Crippen molar-refractivity contribution in [1.82, 2.24) is 25.1 Å². The molecule has 2 atom stereocenters. The van der Waals surface area contributed by atoms with E-state index in [2.05, 4.69) is 25.1 Å². The van der Waals surface area contributed by atoms with Crippen LogP contribution in [0.4, 0.5) is 0 Å². The number of nitrogens with zero attached hydrogens (tertiary/aromatic N) is 4. The van der Waals surface area contributed by atoms with Gasteiger partial charge in [0.2, 0.25) is 0 Å². The highest BCUT2D eigenvalue weighted by Crippen LogP contribution is 2.32. The largest absolute Gasteiger partial charge is 0.307 e. The third-order valence-electron chi connectivity index (χ3n) is 3.87. The molecule has 2 aliphatic heterocycles. The maximum absolute atomic E-state index is 4.38. The van der Waals surface area contributed by atoms with E-state index in [1.165, 1.54) is 12.8 Å². The molecule has 0 amide bonds. The number of hydrogen-bond donors (Lipinski definition) is 1. The van der Waals surface area contributed by atoms with Crippen LogP contribution >= 0.6 is 0 Å². The molecule has 0 unspecified atom stereocenters. The molecule has 0 spiro atoms. The maximum Gasteiger partial charge on any atom is 0.182 e. The predicted molar refractivity (Wildman–Crippen MR) is 66.8 cm³/mol. The lowest BCUT2D eigenvalue weighted by Gasteiger charge is -2.36. The summed E-state index contributed by atoms with van der Waals surface area (Å²) < 4.78 is 2.24. The summed E-state index contributed by atoms with van der Waals surface area (Å²) in [6, 6.07) is 6.85. The molecular weight excluding hydrogens is 226 g/mol. The predicted octanol–water partition coefficient (Wildman–Crippen LogP) is 1.54. The molecule has 4 rings (SSSR count). The van der Waals surface area contributed by atoms with Crippen LogP contribution in [0.2, 0.25) is 0 Å². The third kappa shape index (κ3) is 1.47. The van der Waals surface area contributed by atoms with Crippen molar-refractivity contribution in [3.63, 3.8) is 0 Å². The Morgan fingerprint density at radius 1 is 1.22 bits per heavy atom. The quantitative estimate of drug-likeness (QED) is 0.822. The molecule has 4 heterocycles. The van der Waals surface area contributed by atoms with Crippen LogP contribution < -0.4 is 5.32 Å². The molecule has 2 aromatic heterocycles. The van der Waals surface area contributed by atoms with E-state index in [9.17, 15) is 0 Å². The SMILES string of the molecule is c1ccc(-c2nnc3n2C[C@H]2CCC[C@@H]3N2)nc1. The average Bonchev–Trinajstić information content (AvgIpc) is 2.84. The van der Waals surface area contributed by atoms with Gasteiger partial charge in [-0.1, -0.05) is 6.07 Å². The fraction of sp³-hybridized carbons (Fsp3) is 0.462.